The Morgan fingerprint density at radius 1 is 1.03 bits per heavy atom. The number of benzene rings is 1. The maximum Gasteiger partial charge on any atom is 0.471 e. The minimum absolute atomic E-state index is 0.00600. The summed E-state index contributed by atoms with van der Waals surface area (Å²) in [6.07, 6.45) is -9.40. The molecular weight excluding hydrogens is 420 g/mol. The van der Waals surface area contributed by atoms with Gasteiger partial charge in [0.2, 0.25) is 5.82 Å². The molecule has 1 unspecified atom stereocenters. The first-order valence-electron chi connectivity index (χ1n) is 8.51. The van der Waals surface area contributed by atoms with Crippen LogP contribution in [0.5, 0.6) is 5.75 Å². The van der Waals surface area contributed by atoms with E-state index in [1.54, 1.807) is 20.8 Å². The number of rotatable bonds is 5. The predicted molar refractivity (Wildman–Crippen MR) is 89.5 cm³/mol. The van der Waals surface area contributed by atoms with Crippen molar-refractivity contribution in [2.75, 3.05) is 6.61 Å². The highest BCUT2D eigenvalue weighted by atomic mass is 19.4. The van der Waals surface area contributed by atoms with Crippen LogP contribution in [0.25, 0.3) is 11.4 Å². The zero-order valence-electron chi connectivity index (χ0n) is 15.8. The minimum atomic E-state index is -4.75. The summed E-state index contributed by atoms with van der Waals surface area (Å²) in [5.74, 6) is -3.03. The van der Waals surface area contributed by atoms with Gasteiger partial charge in [-0.05, 0) is 37.1 Å². The van der Waals surface area contributed by atoms with Crippen molar-refractivity contribution in [3.05, 3.63) is 40.8 Å². The van der Waals surface area contributed by atoms with Crippen molar-refractivity contribution in [1.29, 1.82) is 0 Å². The number of nitrogens with one attached hydrogen (secondary N) is 1. The Hall–Kier alpha value is -3.12. The van der Waals surface area contributed by atoms with Gasteiger partial charge in [-0.1, -0.05) is 12.1 Å². The number of H-pyrrole nitrogens is 1. The van der Waals surface area contributed by atoms with Gasteiger partial charge in [-0.3, -0.25) is 5.10 Å². The smallest absolute Gasteiger partial charge is 0.471 e. The average Bonchev–Trinajstić information content (AvgIpc) is 3.29. The van der Waals surface area contributed by atoms with Crippen LogP contribution < -0.4 is 4.74 Å². The zero-order valence-corrected chi connectivity index (χ0v) is 15.8. The molecule has 0 bridgehead atoms. The number of hydrogen-bond donors (Lipinski definition) is 1. The van der Waals surface area contributed by atoms with Gasteiger partial charge in [0, 0.05) is 11.5 Å². The van der Waals surface area contributed by atoms with Crippen molar-refractivity contribution in [3.8, 4) is 17.1 Å². The van der Waals surface area contributed by atoms with E-state index in [9.17, 15) is 26.3 Å². The van der Waals surface area contributed by atoms with Gasteiger partial charge in [0.1, 0.15) is 11.6 Å². The number of alkyl halides is 6. The number of aromatic amines is 1. The Labute approximate surface area is 165 Å². The quantitative estimate of drug-likeness (QED) is 0.585. The minimum Gasteiger partial charge on any atom is -0.492 e. The van der Waals surface area contributed by atoms with Crippen LogP contribution in [-0.4, -0.2) is 31.9 Å². The van der Waals surface area contributed by atoms with E-state index in [-0.39, 0.29) is 18.3 Å². The second-order valence-electron chi connectivity index (χ2n) is 6.61. The summed E-state index contributed by atoms with van der Waals surface area (Å²) in [6, 6.07) is 3.04. The van der Waals surface area contributed by atoms with E-state index in [0.717, 1.165) is 0 Å². The Morgan fingerprint density at radius 3 is 2.17 bits per heavy atom. The first-order chi connectivity index (χ1) is 13.9. The van der Waals surface area contributed by atoms with Gasteiger partial charge in [0.25, 0.3) is 5.82 Å². The maximum absolute atomic E-state index is 12.6. The molecule has 7 nitrogen and oxygen atoms in total. The number of halogens is 6. The molecule has 162 valence electrons. The molecule has 1 aromatic carbocycles. The monoisotopic (exact) mass is 435 g/mol. The van der Waals surface area contributed by atoms with Crippen LogP contribution in [0, 0.1) is 13.8 Å². The highest BCUT2D eigenvalue weighted by Crippen LogP contribution is 2.33. The second kappa shape index (κ2) is 7.61. The fraction of sp³-hybridized carbons (Fsp3) is 0.412. The van der Waals surface area contributed by atoms with Gasteiger partial charge < -0.3 is 9.26 Å². The molecule has 13 heteroatoms. The number of aryl methyl sites for hydroxylation is 2. The Bertz CT molecular complexity index is 1020. The largest absolute Gasteiger partial charge is 0.492 e. The van der Waals surface area contributed by atoms with Crippen LogP contribution in [0.4, 0.5) is 26.3 Å². The van der Waals surface area contributed by atoms with Crippen LogP contribution in [-0.2, 0) is 12.4 Å². The van der Waals surface area contributed by atoms with Gasteiger partial charge in [-0.25, -0.2) is 4.98 Å². The van der Waals surface area contributed by atoms with Crippen LogP contribution in [0.3, 0.4) is 0 Å². The summed E-state index contributed by atoms with van der Waals surface area (Å²) >= 11 is 0. The van der Waals surface area contributed by atoms with E-state index >= 15 is 0 Å². The molecule has 0 fully saturated rings. The fourth-order valence-electron chi connectivity index (χ4n) is 2.67. The van der Waals surface area contributed by atoms with E-state index in [4.69, 9.17) is 4.74 Å². The third-order valence-electron chi connectivity index (χ3n) is 4.09. The molecule has 1 N–H and O–H groups in total. The molecule has 0 radical (unpaired) electrons. The lowest BCUT2D eigenvalue weighted by Gasteiger charge is -2.15. The Balaban J connectivity index is 1.74. The van der Waals surface area contributed by atoms with Crippen LogP contribution in [0.15, 0.2) is 16.7 Å². The molecule has 3 rings (SSSR count). The SMILES string of the molecule is Cc1cc(-c2noc(C(F)(F)F)n2)cc(C)c1OCC(C)c1nc(C(F)(F)F)n[nH]1. The Morgan fingerprint density at radius 2 is 1.67 bits per heavy atom. The lowest BCUT2D eigenvalue weighted by atomic mass is 10.0. The molecule has 2 aromatic heterocycles. The lowest BCUT2D eigenvalue weighted by molar-refractivity contribution is -0.159. The molecule has 0 saturated carbocycles. The van der Waals surface area contributed by atoms with E-state index in [2.05, 4.69) is 29.8 Å². The molecule has 0 saturated heterocycles. The molecule has 0 aliphatic rings. The van der Waals surface area contributed by atoms with Gasteiger partial charge >= 0.3 is 18.2 Å². The third kappa shape index (κ3) is 4.54. The topological polar surface area (TPSA) is 89.7 Å². The predicted octanol–water partition coefficient (Wildman–Crippen LogP) is 4.69. The van der Waals surface area contributed by atoms with Crippen molar-refractivity contribution in [2.45, 2.75) is 39.0 Å². The summed E-state index contributed by atoms with van der Waals surface area (Å²) in [7, 11) is 0. The van der Waals surface area contributed by atoms with Crippen LogP contribution in [0.2, 0.25) is 0 Å². The second-order valence-corrected chi connectivity index (χ2v) is 6.61. The zero-order chi connectivity index (χ0) is 22.3. The number of aromatic nitrogens is 5. The molecule has 1 atom stereocenters. The summed E-state index contributed by atoms with van der Waals surface area (Å²) in [4.78, 5) is 6.77. The number of ether oxygens (including phenoxy) is 1. The first kappa shape index (κ1) is 21.6. The molecule has 30 heavy (non-hydrogen) atoms. The van der Waals surface area contributed by atoms with Gasteiger partial charge in [0.05, 0.1) is 6.61 Å². The van der Waals surface area contributed by atoms with Crippen molar-refractivity contribution < 1.29 is 35.6 Å². The van der Waals surface area contributed by atoms with Gasteiger partial charge in [-0.15, -0.1) is 5.10 Å². The summed E-state index contributed by atoms with van der Waals surface area (Å²) in [5, 5.41) is 8.73. The van der Waals surface area contributed by atoms with Crippen molar-refractivity contribution in [1.82, 2.24) is 25.3 Å². The molecule has 2 heterocycles. The highest BCUT2D eigenvalue weighted by Gasteiger charge is 2.39. The van der Waals surface area contributed by atoms with E-state index in [1.807, 2.05) is 0 Å². The average molecular weight is 435 g/mol. The maximum atomic E-state index is 12.6. The summed E-state index contributed by atoms with van der Waals surface area (Å²) in [5.41, 5.74) is 1.45. The van der Waals surface area contributed by atoms with Gasteiger partial charge in [-0.2, -0.15) is 31.3 Å². The highest BCUT2D eigenvalue weighted by molar-refractivity contribution is 5.61. The third-order valence-corrected chi connectivity index (χ3v) is 4.09. The normalized spacial score (nSPS) is 13.5. The molecule has 0 amide bonds. The standard InChI is InChI=1S/C17H15F6N5O2/c1-7-4-10(13-25-15(30-28-13)17(21,22)23)5-8(2)11(7)29-6-9(3)12-24-14(27-26-12)16(18,19)20/h4-5,9H,6H2,1-3H3,(H,24,26,27). The van der Waals surface area contributed by atoms with Crippen molar-refractivity contribution in [3.63, 3.8) is 0 Å². The van der Waals surface area contributed by atoms with Crippen LogP contribution in [0.1, 0.15) is 41.5 Å². The van der Waals surface area contributed by atoms with E-state index in [1.165, 1.54) is 12.1 Å². The van der Waals surface area contributed by atoms with E-state index < -0.39 is 30.0 Å². The number of hydrogen-bond acceptors (Lipinski definition) is 6. The van der Waals surface area contributed by atoms with Crippen molar-refractivity contribution in [2.24, 2.45) is 0 Å². The van der Waals surface area contributed by atoms with Crippen LogP contribution >= 0.6 is 0 Å². The first-order valence-corrected chi connectivity index (χ1v) is 8.51. The fourth-order valence-corrected chi connectivity index (χ4v) is 2.67. The summed E-state index contributed by atoms with van der Waals surface area (Å²) in [6.45, 7) is 4.93. The Kier molecular flexibility index (Phi) is 5.48. The molecular formula is C17H15F6N5O2. The molecule has 0 aliphatic carbocycles. The van der Waals surface area contributed by atoms with E-state index in [0.29, 0.717) is 22.4 Å². The summed E-state index contributed by atoms with van der Waals surface area (Å²) < 4.78 is 85.7. The number of nitrogens with zero attached hydrogens (tertiary/aromatic N) is 4. The molecule has 3 aromatic rings. The molecule has 0 aliphatic heterocycles. The molecule has 0 spiro atoms. The van der Waals surface area contributed by atoms with Crippen molar-refractivity contribution >= 4 is 0 Å². The lowest BCUT2D eigenvalue weighted by Crippen LogP contribution is -2.11. The van der Waals surface area contributed by atoms with Gasteiger partial charge in [0.15, 0.2) is 0 Å².